The summed E-state index contributed by atoms with van der Waals surface area (Å²) >= 11 is 0. The first kappa shape index (κ1) is 16.3. The minimum Gasteiger partial charge on any atom is -0.384 e. The zero-order valence-corrected chi connectivity index (χ0v) is 11.8. The molecule has 9 nitrogen and oxygen atoms in total. The van der Waals surface area contributed by atoms with Crippen LogP contribution in [-0.2, 0) is 4.79 Å². The standard InChI is InChI=1S/C12H17N5O4/c1-3-4-14-11(18)7(2)16-12(19)8-5-10(13)15-6-9(8)17(20)21/h5-7H,3-4H2,1-2H3,(H2,13,15)(H,14,18)(H,16,19). The van der Waals surface area contributed by atoms with Gasteiger partial charge in [-0.2, -0.15) is 0 Å². The molecule has 0 aliphatic rings. The highest BCUT2D eigenvalue weighted by Crippen LogP contribution is 2.18. The van der Waals surface area contributed by atoms with Gasteiger partial charge in [0.1, 0.15) is 23.6 Å². The fourth-order valence-corrected chi connectivity index (χ4v) is 1.53. The predicted molar refractivity (Wildman–Crippen MR) is 75.5 cm³/mol. The van der Waals surface area contributed by atoms with Gasteiger partial charge in [0.15, 0.2) is 0 Å². The normalized spacial score (nSPS) is 11.5. The number of nitro groups is 1. The van der Waals surface area contributed by atoms with Crippen LogP contribution in [0.25, 0.3) is 0 Å². The third kappa shape index (κ3) is 4.41. The molecular weight excluding hydrogens is 278 g/mol. The number of hydrogen-bond acceptors (Lipinski definition) is 6. The number of pyridine rings is 1. The summed E-state index contributed by atoms with van der Waals surface area (Å²) in [6, 6.07) is 0.280. The molecule has 0 aromatic carbocycles. The summed E-state index contributed by atoms with van der Waals surface area (Å²) in [5, 5.41) is 15.9. The van der Waals surface area contributed by atoms with E-state index in [0.29, 0.717) is 6.54 Å². The molecule has 0 saturated heterocycles. The average molecular weight is 295 g/mol. The second-order valence-electron chi connectivity index (χ2n) is 4.37. The van der Waals surface area contributed by atoms with Crippen LogP contribution in [-0.4, -0.2) is 34.3 Å². The van der Waals surface area contributed by atoms with Crippen molar-refractivity contribution in [3.63, 3.8) is 0 Å². The van der Waals surface area contributed by atoms with Gasteiger partial charge in [-0.25, -0.2) is 4.98 Å². The Bertz CT molecular complexity index is 561. The Kier molecular flexibility index (Phi) is 5.58. The monoisotopic (exact) mass is 295 g/mol. The second kappa shape index (κ2) is 7.17. The van der Waals surface area contributed by atoms with E-state index in [4.69, 9.17) is 5.73 Å². The van der Waals surface area contributed by atoms with E-state index in [2.05, 4.69) is 15.6 Å². The molecular formula is C12H17N5O4. The molecule has 1 atom stereocenters. The van der Waals surface area contributed by atoms with Crippen molar-refractivity contribution >= 4 is 23.3 Å². The number of amides is 2. The molecule has 4 N–H and O–H groups in total. The highest BCUT2D eigenvalue weighted by Gasteiger charge is 2.24. The molecule has 1 unspecified atom stereocenters. The number of nitrogen functional groups attached to an aromatic ring is 1. The molecule has 0 saturated carbocycles. The van der Waals surface area contributed by atoms with Gasteiger partial charge in [0, 0.05) is 6.54 Å². The van der Waals surface area contributed by atoms with Gasteiger partial charge in [-0.1, -0.05) is 6.92 Å². The van der Waals surface area contributed by atoms with Crippen molar-refractivity contribution < 1.29 is 14.5 Å². The summed E-state index contributed by atoms with van der Waals surface area (Å²) in [5.41, 5.74) is 4.73. The number of hydrogen-bond donors (Lipinski definition) is 3. The molecule has 0 spiro atoms. The molecule has 0 aliphatic heterocycles. The molecule has 114 valence electrons. The Balaban J connectivity index is 2.87. The number of nitrogens with one attached hydrogen (secondary N) is 2. The zero-order valence-electron chi connectivity index (χ0n) is 11.8. The summed E-state index contributed by atoms with van der Waals surface area (Å²) in [6.45, 7) is 3.87. The molecule has 1 aromatic heterocycles. The second-order valence-corrected chi connectivity index (χ2v) is 4.37. The molecule has 2 amide bonds. The van der Waals surface area contributed by atoms with Crippen LogP contribution in [0, 0.1) is 10.1 Å². The maximum atomic E-state index is 12.0. The van der Waals surface area contributed by atoms with Crippen LogP contribution in [0.3, 0.4) is 0 Å². The van der Waals surface area contributed by atoms with Crippen LogP contribution in [0.1, 0.15) is 30.6 Å². The van der Waals surface area contributed by atoms with E-state index in [1.54, 1.807) is 0 Å². The number of nitrogens with two attached hydrogens (primary N) is 1. The molecule has 1 aromatic rings. The lowest BCUT2D eigenvalue weighted by Gasteiger charge is -2.13. The largest absolute Gasteiger partial charge is 0.384 e. The molecule has 1 heterocycles. The summed E-state index contributed by atoms with van der Waals surface area (Å²) in [4.78, 5) is 37.4. The number of nitrogens with zero attached hydrogens (tertiary/aromatic N) is 2. The quantitative estimate of drug-likeness (QED) is 0.506. The topological polar surface area (TPSA) is 140 Å². The Morgan fingerprint density at radius 1 is 1.52 bits per heavy atom. The first-order valence-corrected chi connectivity index (χ1v) is 6.35. The van der Waals surface area contributed by atoms with Crippen molar-refractivity contribution in [2.75, 3.05) is 12.3 Å². The maximum Gasteiger partial charge on any atom is 0.300 e. The van der Waals surface area contributed by atoms with Crippen LogP contribution >= 0.6 is 0 Å². The van der Waals surface area contributed by atoms with Crippen molar-refractivity contribution in [1.82, 2.24) is 15.6 Å². The van der Waals surface area contributed by atoms with Gasteiger partial charge in [0.05, 0.1) is 4.92 Å². The third-order valence-corrected chi connectivity index (χ3v) is 2.64. The summed E-state index contributed by atoms with van der Waals surface area (Å²) in [6.07, 6.45) is 1.67. The molecule has 0 radical (unpaired) electrons. The Hall–Kier alpha value is -2.71. The van der Waals surface area contributed by atoms with E-state index in [-0.39, 0.29) is 17.3 Å². The lowest BCUT2D eigenvalue weighted by atomic mass is 10.2. The number of carbonyl (C=O) groups is 2. The molecule has 0 aliphatic carbocycles. The Morgan fingerprint density at radius 2 is 2.19 bits per heavy atom. The highest BCUT2D eigenvalue weighted by atomic mass is 16.6. The van der Waals surface area contributed by atoms with Gasteiger partial charge >= 0.3 is 0 Å². The summed E-state index contributed by atoms with van der Waals surface area (Å²) < 4.78 is 0. The predicted octanol–water partition coefficient (Wildman–Crippen LogP) is 0.217. The van der Waals surface area contributed by atoms with Gasteiger partial charge in [0.2, 0.25) is 5.91 Å². The van der Waals surface area contributed by atoms with Gasteiger partial charge in [-0.3, -0.25) is 19.7 Å². The number of carbonyl (C=O) groups excluding carboxylic acids is 2. The van der Waals surface area contributed by atoms with Crippen LogP contribution in [0.5, 0.6) is 0 Å². The van der Waals surface area contributed by atoms with Gasteiger partial charge in [0.25, 0.3) is 11.6 Å². The van der Waals surface area contributed by atoms with Crippen LogP contribution in [0.2, 0.25) is 0 Å². The van der Waals surface area contributed by atoms with Crippen LogP contribution in [0.4, 0.5) is 11.5 Å². The van der Waals surface area contributed by atoms with Crippen molar-refractivity contribution in [2.24, 2.45) is 0 Å². The minimum atomic E-state index is -0.821. The summed E-state index contributed by atoms with van der Waals surface area (Å²) in [5.74, 6) is -1.14. The zero-order chi connectivity index (χ0) is 16.0. The Labute approximate surface area is 121 Å². The van der Waals surface area contributed by atoms with Crippen molar-refractivity contribution in [2.45, 2.75) is 26.3 Å². The van der Waals surface area contributed by atoms with E-state index in [0.717, 1.165) is 18.7 Å². The number of rotatable bonds is 6. The number of anilines is 1. The lowest BCUT2D eigenvalue weighted by molar-refractivity contribution is -0.385. The van der Waals surface area contributed by atoms with Crippen molar-refractivity contribution in [1.29, 1.82) is 0 Å². The smallest absolute Gasteiger partial charge is 0.300 e. The van der Waals surface area contributed by atoms with Gasteiger partial charge in [-0.05, 0) is 19.4 Å². The maximum absolute atomic E-state index is 12.0. The van der Waals surface area contributed by atoms with E-state index in [1.807, 2.05) is 6.92 Å². The van der Waals surface area contributed by atoms with E-state index in [9.17, 15) is 19.7 Å². The average Bonchev–Trinajstić information content (AvgIpc) is 2.43. The van der Waals surface area contributed by atoms with Crippen LogP contribution in [0.15, 0.2) is 12.3 Å². The number of aromatic nitrogens is 1. The molecule has 0 bridgehead atoms. The first-order chi connectivity index (χ1) is 9.86. The first-order valence-electron chi connectivity index (χ1n) is 6.35. The van der Waals surface area contributed by atoms with E-state index >= 15 is 0 Å². The molecule has 9 heteroatoms. The summed E-state index contributed by atoms with van der Waals surface area (Å²) in [7, 11) is 0. The highest BCUT2D eigenvalue weighted by molar-refractivity contribution is 6.00. The SMILES string of the molecule is CCCNC(=O)C(C)NC(=O)c1cc(N)ncc1[N+](=O)[O-]. The van der Waals surface area contributed by atoms with Crippen LogP contribution < -0.4 is 16.4 Å². The third-order valence-electron chi connectivity index (χ3n) is 2.64. The van der Waals surface area contributed by atoms with E-state index in [1.165, 1.54) is 6.92 Å². The fraction of sp³-hybridized carbons (Fsp3) is 0.417. The fourth-order valence-electron chi connectivity index (χ4n) is 1.53. The molecule has 0 fully saturated rings. The van der Waals surface area contributed by atoms with E-state index < -0.39 is 22.6 Å². The molecule has 1 rings (SSSR count). The van der Waals surface area contributed by atoms with Crippen molar-refractivity contribution in [3.8, 4) is 0 Å². The van der Waals surface area contributed by atoms with Crippen molar-refractivity contribution in [3.05, 3.63) is 27.9 Å². The Morgan fingerprint density at radius 3 is 2.76 bits per heavy atom. The van der Waals surface area contributed by atoms with Gasteiger partial charge < -0.3 is 16.4 Å². The van der Waals surface area contributed by atoms with Gasteiger partial charge in [-0.15, -0.1) is 0 Å². The minimum absolute atomic E-state index is 0.0196. The lowest BCUT2D eigenvalue weighted by Crippen LogP contribution is -2.45. The molecule has 21 heavy (non-hydrogen) atoms.